The van der Waals surface area contributed by atoms with Crippen molar-refractivity contribution in [3.05, 3.63) is 93.8 Å². The minimum atomic E-state index is -0.413. The Balaban J connectivity index is 1.53. The van der Waals surface area contributed by atoms with E-state index in [-0.39, 0.29) is 11.4 Å². The molecule has 2 aromatic carbocycles. The summed E-state index contributed by atoms with van der Waals surface area (Å²) in [6.07, 6.45) is 2.70. The van der Waals surface area contributed by atoms with Gasteiger partial charge in [-0.25, -0.2) is 0 Å². The number of aryl methyl sites for hydroxylation is 3. The Morgan fingerprint density at radius 2 is 1.79 bits per heavy atom. The molecular formula is C27H25N5OS. The Hall–Kier alpha value is -3.71. The molecule has 0 saturated carbocycles. The fourth-order valence-corrected chi connectivity index (χ4v) is 5.38. The first-order chi connectivity index (χ1) is 16.4. The maximum absolute atomic E-state index is 12.9. The zero-order valence-electron chi connectivity index (χ0n) is 19.6. The predicted octanol–water partition coefficient (Wildman–Crippen LogP) is 5.63. The van der Waals surface area contributed by atoms with Gasteiger partial charge in [-0.05, 0) is 73.9 Å². The maximum Gasteiger partial charge on any atom is 0.283 e. The van der Waals surface area contributed by atoms with Gasteiger partial charge in [-0.2, -0.15) is 15.1 Å². The van der Waals surface area contributed by atoms with Crippen molar-refractivity contribution in [2.75, 3.05) is 0 Å². The molecule has 1 aromatic heterocycles. The number of thioether (sulfide) groups is 1. The largest absolute Gasteiger partial charge is 0.318 e. The lowest BCUT2D eigenvalue weighted by atomic mass is 10.1. The highest BCUT2D eigenvalue weighted by molar-refractivity contribution is 8.27. The topological polar surface area (TPSA) is 73.8 Å². The normalized spacial score (nSPS) is 16.7. The van der Waals surface area contributed by atoms with E-state index in [9.17, 15) is 4.79 Å². The number of carbonyl (C=O) groups excluding carboxylic acids is 1. The number of benzene rings is 2. The summed E-state index contributed by atoms with van der Waals surface area (Å²) >= 11 is 1.32. The molecule has 0 spiro atoms. The van der Waals surface area contributed by atoms with Crippen LogP contribution in [0.1, 0.15) is 40.6 Å². The highest BCUT2D eigenvalue weighted by Crippen LogP contribution is 2.33. The van der Waals surface area contributed by atoms with Gasteiger partial charge >= 0.3 is 0 Å². The van der Waals surface area contributed by atoms with Gasteiger partial charge in [-0.3, -0.25) is 10.2 Å². The molecule has 0 aliphatic carbocycles. The molecule has 0 bridgehead atoms. The first kappa shape index (κ1) is 22.1. The molecule has 0 saturated heterocycles. The lowest BCUT2D eigenvalue weighted by molar-refractivity contribution is -0.114. The van der Waals surface area contributed by atoms with E-state index in [1.54, 1.807) is 6.08 Å². The molecule has 0 atom stereocenters. The van der Waals surface area contributed by atoms with Crippen LogP contribution in [0, 0.1) is 26.2 Å². The van der Waals surface area contributed by atoms with E-state index in [1.807, 2.05) is 44.2 Å². The number of para-hydroxylation sites is 1. The predicted molar refractivity (Wildman–Crippen MR) is 140 cm³/mol. The van der Waals surface area contributed by atoms with Gasteiger partial charge in [0.2, 0.25) is 5.17 Å². The van der Waals surface area contributed by atoms with Gasteiger partial charge in [0.25, 0.3) is 5.91 Å². The number of carbonyl (C=O) groups is 1. The van der Waals surface area contributed by atoms with Crippen molar-refractivity contribution >= 4 is 39.8 Å². The lowest BCUT2D eigenvalue weighted by Crippen LogP contribution is -2.35. The van der Waals surface area contributed by atoms with Crippen molar-refractivity contribution in [1.29, 1.82) is 5.41 Å². The second-order valence-electron chi connectivity index (χ2n) is 8.38. The third-order valence-electron chi connectivity index (χ3n) is 6.21. The number of aromatic nitrogens is 1. The number of amidine groups is 2. The summed E-state index contributed by atoms with van der Waals surface area (Å²) in [7, 11) is 0. The number of amides is 1. The molecule has 5 rings (SSSR count). The summed E-state index contributed by atoms with van der Waals surface area (Å²) in [5.74, 6) is -0.367. The third kappa shape index (κ3) is 3.62. The average molecular weight is 468 g/mol. The SMILES string of the molecule is CCc1ccccc1-n1c(C)cc(/C=C2/C(=N)N3N=C(c4ccccc4C)SC3=NC2=O)c1C. The minimum Gasteiger partial charge on any atom is -0.318 e. The smallest absolute Gasteiger partial charge is 0.283 e. The van der Waals surface area contributed by atoms with Crippen LogP contribution in [0.2, 0.25) is 0 Å². The molecule has 6 nitrogen and oxygen atoms in total. The fourth-order valence-electron chi connectivity index (χ4n) is 4.40. The van der Waals surface area contributed by atoms with Crippen LogP contribution in [-0.2, 0) is 11.2 Å². The maximum atomic E-state index is 12.9. The average Bonchev–Trinajstić information content (AvgIpc) is 3.37. The molecule has 1 amide bonds. The van der Waals surface area contributed by atoms with Crippen molar-refractivity contribution in [3.8, 4) is 5.69 Å². The Kier molecular flexibility index (Phi) is 5.57. The van der Waals surface area contributed by atoms with Crippen LogP contribution < -0.4 is 0 Å². The van der Waals surface area contributed by atoms with E-state index >= 15 is 0 Å². The van der Waals surface area contributed by atoms with Gasteiger partial charge in [-0.1, -0.05) is 49.4 Å². The van der Waals surface area contributed by atoms with Crippen molar-refractivity contribution in [1.82, 2.24) is 9.58 Å². The van der Waals surface area contributed by atoms with E-state index in [2.05, 4.69) is 52.8 Å². The summed E-state index contributed by atoms with van der Waals surface area (Å²) in [5.41, 5.74) is 7.68. The Morgan fingerprint density at radius 3 is 2.56 bits per heavy atom. The number of aliphatic imine (C=N–C) groups is 1. The molecule has 0 radical (unpaired) electrons. The molecule has 0 unspecified atom stereocenters. The van der Waals surface area contributed by atoms with Gasteiger partial charge in [0, 0.05) is 22.6 Å². The van der Waals surface area contributed by atoms with Crippen LogP contribution in [0.15, 0.2) is 70.3 Å². The number of hydrazone groups is 1. The Bertz CT molecular complexity index is 1440. The Morgan fingerprint density at radius 1 is 1.06 bits per heavy atom. The van der Waals surface area contributed by atoms with Crippen LogP contribution in [-0.4, -0.2) is 31.5 Å². The molecule has 0 fully saturated rings. The first-order valence-electron chi connectivity index (χ1n) is 11.2. The van der Waals surface area contributed by atoms with Crippen LogP contribution in [0.25, 0.3) is 11.8 Å². The Labute approximate surface area is 203 Å². The van der Waals surface area contributed by atoms with E-state index in [4.69, 9.17) is 5.41 Å². The summed E-state index contributed by atoms with van der Waals surface area (Å²) in [5, 5.41) is 16.0. The van der Waals surface area contributed by atoms with Crippen molar-refractivity contribution in [3.63, 3.8) is 0 Å². The molecule has 3 aromatic rings. The fraction of sp³-hybridized carbons (Fsp3) is 0.185. The molecular weight excluding hydrogens is 442 g/mol. The summed E-state index contributed by atoms with van der Waals surface area (Å²) in [6, 6.07) is 18.3. The van der Waals surface area contributed by atoms with E-state index in [0.717, 1.165) is 45.2 Å². The summed E-state index contributed by atoms with van der Waals surface area (Å²) in [4.78, 5) is 17.2. The van der Waals surface area contributed by atoms with Gasteiger partial charge in [-0.15, -0.1) is 0 Å². The highest BCUT2D eigenvalue weighted by Gasteiger charge is 2.36. The molecule has 3 heterocycles. The van der Waals surface area contributed by atoms with Gasteiger partial charge in [0.15, 0.2) is 5.84 Å². The minimum absolute atomic E-state index is 0.0462. The second-order valence-corrected chi connectivity index (χ2v) is 9.34. The van der Waals surface area contributed by atoms with Crippen molar-refractivity contribution in [2.45, 2.75) is 34.1 Å². The van der Waals surface area contributed by atoms with Crippen LogP contribution in [0.5, 0.6) is 0 Å². The van der Waals surface area contributed by atoms with Gasteiger partial charge < -0.3 is 4.57 Å². The first-order valence-corrected chi connectivity index (χ1v) is 12.0. The summed E-state index contributed by atoms with van der Waals surface area (Å²) in [6.45, 7) is 8.26. The van der Waals surface area contributed by atoms with E-state index in [1.165, 1.54) is 22.3 Å². The molecule has 7 heteroatoms. The number of rotatable bonds is 4. The number of nitrogens with one attached hydrogen (secondary N) is 1. The highest BCUT2D eigenvalue weighted by atomic mass is 32.2. The monoisotopic (exact) mass is 467 g/mol. The van der Waals surface area contributed by atoms with Gasteiger partial charge in [0.05, 0.1) is 5.57 Å². The zero-order valence-corrected chi connectivity index (χ0v) is 20.4. The van der Waals surface area contributed by atoms with Gasteiger partial charge in [0.1, 0.15) is 5.04 Å². The molecule has 1 N–H and O–H groups in total. The standard InChI is InChI=1S/C27H25N5OS/c1-5-19-11-7-9-13-23(19)31-17(3)14-20(18(31)4)15-22-24(28)32-27(29-25(22)33)34-26(30-32)21-12-8-6-10-16(21)2/h6-15,28H,5H2,1-4H3/b22-15-,28-24?. The van der Waals surface area contributed by atoms with Crippen molar-refractivity contribution in [2.24, 2.45) is 10.1 Å². The van der Waals surface area contributed by atoms with E-state index in [0.29, 0.717) is 5.17 Å². The number of nitrogens with zero attached hydrogens (tertiary/aromatic N) is 4. The van der Waals surface area contributed by atoms with Crippen LogP contribution >= 0.6 is 11.8 Å². The van der Waals surface area contributed by atoms with Crippen LogP contribution in [0.3, 0.4) is 0 Å². The van der Waals surface area contributed by atoms with Crippen molar-refractivity contribution < 1.29 is 4.79 Å². The molecule has 2 aliphatic heterocycles. The third-order valence-corrected chi connectivity index (χ3v) is 7.16. The number of hydrogen-bond donors (Lipinski definition) is 1. The molecule has 170 valence electrons. The van der Waals surface area contributed by atoms with Crippen LogP contribution in [0.4, 0.5) is 0 Å². The number of fused-ring (bicyclic) bond motifs is 1. The quantitative estimate of drug-likeness (QED) is 0.505. The second kappa shape index (κ2) is 8.57. The number of hydrogen-bond acceptors (Lipinski definition) is 4. The molecule has 34 heavy (non-hydrogen) atoms. The lowest BCUT2D eigenvalue weighted by Gasteiger charge is -2.20. The zero-order chi connectivity index (χ0) is 24.0. The summed E-state index contributed by atoms with van der Waals surface area (Å²) < 4.78 is 2.21. The van der Waals surface area contributed by atoms with E-state index < -0.39 is 5.91 Å². The molecule has 2 aliphatic rings.